The van der Waals surface area contributed by atoms with Gasteiger partial charge in [-0.2, -0.15) is 0 Å². The zero-order chi connectivity index (χ0) is 13.8. The summed E-state index contributed by atoms with van der Waals surface area (Å²) >= 11 is 5.73. The van der Waals surface area contributed by atoms with E-state index in [9.17, 15) is 4.39 Å². The monoisotopic (exact) mass is 279 g/mol. The number of nitrogens with zero attached hydrogens (tertiary/aromatic N) is 1. The Bertz CT molecular complexity index is 574. The molecular formula is C14H15ClFN3. The molecule has 1 heterocycles. The molecule has 0 aliphatic rings. The first-order valence-electron chi connectivity index (χ1n) is 5.92. The average Bonchev–Trinajstić information content (AvgIpc) is 2.38. The lowest BCUT2D eigenvalue weighted by atomic mass is 10.0. The Labute approximate surface area is 116 Å². The number of benzene rings is 1. The first-order chi connectivity index (χ1) is 9.10. The number of aryl methyl sites for hydroxylation is 1. The molecule has 0 aliphatic carbocycles. The molecule has 1 aromatic carbocycles. The minimum absolute atomic E-state index is 0.240. The number of hydrogen-bond donors (Lipinski definition) is 2. The van der Waals surface area contributed by atoms with Crippen molar-refractivity contribution in [2.45, 2.75) is 19.4 Å². The molecule has 0 saturated heterocycles. The van der Waals surface area contributed by atoms with E-state index in [2.05, 4.69) is 10.4 Å². The fraction of sp³-hybridized carbons (Fsp3) is 0.214. The molecule has 0 fully saturated rings. The Morgan fingerprint density at radius 1 is 1.37 bits per heavy atom. The van der Waals surface area contributed by atoms with Crippen LogP contribution in [0.4, 0.5) is 4.39 Å². The van der Waals surface area contributed by atoms with Crippen molar-refractivity contribution in [2.75, 3.05) is 0 Å². The summed E-state index contributed by atoms with van der Waals surface area (Å²) in [5.41, 5.74) is 5.10. The maximum absolute atomic E-state index is 13.8. The van der Waals surface area contributed by atoms with E-state index in [1.165, 1.54) is 6.07 Å². The Morgan fingerprint density at radius 3 is 2.79 bits per heavy atom. The molecule has 3 N–H and O–H groups in total. The number of aromatic nitrogens is 1. The zero-order valence-electron chi connectivity index (χ0n) is 10.5. The van der Waals surface area contributed by atoms with Gasteiger partial charge in [0.1, 0.15) is 5.82 Å². The minimum atomic E-state index is -0.333. The van der Waals surface area contributed by atoms with E-state index < -0.39 is 0 Å². The predicted octanol–water partition coefficient (Wildman–Crippen LogP) is 2.93. The van der Waals surface area contributed by atoms with E-state index in [4.69, 9.17) is 17.4 Å². The number of pyridine rings is 1. The van der Waals surface area contributed by atoms with Gasteiger partial charge in [0.05, 0.1) is 11.7 Å². The van der Waals surface area contributed by atoms with Gasteiger partial charge < -0.3 is 0 Å². The van der Waals surface area contributed by atoms with Crippen LogP contribution in [0.3, 0.4) is 0 Å². The standard InChI is InChI=1S/C14H15ClFN3/c1-9-4-5-18-13(6-9)14(19-17)7-10-2-3-11(15)8-12(10)16/h2-6,8,14,19H,7,17H2,1H3. The number of hydrogen-bond acceptors (Lipinski definition) is 3. The summed E-state index contributed by atoms with van der Waals surface area (Å²) in [6.07, 6.45) is 2.13. The molecule has 2 rings (SSSR count). The SMILES string of the molecule is Cc1ccnc(C(Cc2ccc(Cl)cc2F)NN)c1. The van der Waals surface area contributed by atoms with E-state index in [0.29, 0.717) is 17.0 Å². The van der Waals surface area contributed by atoms with E-state index >= 15 is 0 Å². The predicted molar refractivity (Wildman–Crippen MR) is 74.2 cm³/mol. The molecule has 3 nitrogen and oxygen atoms in total. The van der Waals surface area contributed by atoms with E-state index in [0.717, 1.165) is 11.3 Å². The van der Waals surface area contributed by atoms with E-state index in [1.54, 1.807) is 18.3 Å². The lowest BCUT2D eigenvalue weighted by Gasteiger charge is -2.16. The van der Waals surface area contributed by atoms with Crippen molar-refractivity contribution < 1.29 is 4.39 Å². The topological polar surface area (TPSA) is 50.9 Å². The highest BCUT2D eigenvalue weighted by Gasteiger charge is 2.14. The quantitative estimate of drug-likeness (QED) is 0.668. The summed E-state index contributed by atoms with van der Waals surface area (Å²) < 4.78 is 13.8. The minimum Gasteiger partial charge on any atom is -0.271 e. The fourth-order valence-corrected chi connectivity index (χ4v) is 2.06. The van der Waals surface area contributed by atoms with Crippen molar-refractivity contribution >= 4 is 11.6 Å². The third kappa shape index (κ3) is 3.50. The largest absolute Gasteiger partial charge is 0.271 e. The molecule has 100 valence electrons. The molecule has 0 bridgehead atoms. The fourth-order valence-electron chi connectivity index (χ4n) is 1.91. The molecule has 0 spiro atoms. The second-order valence-corrected chi connectivity index (χ2v) is 4.85. The van der Waals surface area contributed by atoms with Crippen molar-refractivity contribution in [2.24, 2.45) is 5.84 Å². The second-order valence-electron chi connectivity index (χ2n) is 4.42. The molecule has 0 radical (unpaired) electrons. The lowest BCUT2D eigenvalue weighted by Crippen LogP contribution is -2.30. The van der Waals surface area contributed by atoms with Crippen LogP contribution in [0.5, 0.6) is 0 Å². The first kappa shape index (κ1) is 13.9. The highest BCUT2D eigenvalue weighted by atomic mass is 35.5. The van der Waals surface area contributed by atoms with Crippen molar-refractivity contribution in [1.82, 2.24) is 10.4 Å². The summed E-state index contributed by atoms with van der Waals surface area (Å²) in [5.74, 6) is 5.21. The van der Waals surface area contributed by atoms with Crippen molar-refractivity contribution in [3.8, 4) is 0 Å². The summed E-state index contributed by atoms with van der Waals surface area (Å²) in [6.45, 7) is 1.97. The molecule has 19 heavy (non-hydrogen) atoms. The normalized spacial score (nSPS) is 12.4. The van der Waals surface area contributed by atoms with Crippen LogP contribution < -0.4 is 11.3 Å². The number of rotatable bonds is 4. The van der Waals surface area contributed by atoms with Gasteiger partial charge in [-0.15, -0.1) is 0 Å². The Kier molecular flexibility index (Phi) is 4.47. The molecule has 1 aromatic heterocycles. The molecule has 1 atom stereocenters. The summed E-state index contributed by atoms with van der Waals surface area (Å²) in [5, 5.41) is 0.382. The molecule has 1 unspecified atom stereocenters. The molecule has 0 saturated carbocycles. The van der Waals surface area contributed by atoms with Crippen LogP contribution in [0, 0.1) is 12.7 Å². The van der Waals surface area contributed by atoms with Crippen LogP contribution >= 0.6 is 11.6 Å². The van der Waals surface area contributed by atoms with Crippen molar-refractivity contribution in [3.63, 3.8) is 0 Å². The van der Waals surface area contributed by atoms with Gasteiger partial charge in [0.25, 0.3) is 0 Å². The van der Waals surface area contributed by atoms with E-state index in [-0.39, 0.29) is 11.9 Å². The zero-order valence-corrected chi connectivity index (χ0v) is 11.3. The second kappa shape index (κ2) is 6.10. The average molecular weight is 280 g/mol. The Morgan fingerprint density at radius 2 is 2.16 bits per heavy atom. The number of halogens is 2. The Hall–Kier alpha value is -1.49. The summed E-state index contributed by atoms with van der Waals surface area (Å²) in [4.78, 5) is 4.26. The van der Waals surface area contributed by atoms with Crippen molar-refractivity contribution in [1.29, 1.82) is 0 Å². The number of hydrazine groups is 1. The van der Waals surface area contributed by atoms with Gasteiger partial charge in [0.2, 0.25) is 0 Å². The third-order valence-electron chi connectivity index (χ3n) is 2.93. The van der Waals surface area contributed by atoms with Gasteiger partial charge in [-0.05, 0) is 48.7 Å². The first-order valence-corrected chi connectivity index (χ1v) is 6.30. The van der Waals surface area contributed by atoms with Crippen LogP contribution in [0.25, 0.3) is 0 Å². The van der Waals surface area contributed by atoms with Gasteiger partial charge in [0, 0.05) is 11.2 Å². The van der Waals surface area contributed by atoms with Crippen LogP contribution in [0.15, 0.2) is 36.5 Å². The highest BCUT2D eigenvalue weighted by Crippen LogP contribution is 2.21. The Balaban J connectivity index is 2.24. The van der Waals surface area contributed by atoms with Gasteiger partial charge >= 0.3 is 0 Å². The summed E-state index contributed by atoms with van der Waals surface area (Å²) in [6, 6.07) is 8.22. The van der Waals surface area contributed by atoms with Crippen LogP contribution in [-0.4, -0.2) is 4.98 Å². The summed E-state index contributed by atoms with van der Waals surface area (Å²) in [7, 11) is 0. The maximum atomic E-state index is 13.8. The number of nitrogens with one attached hydrogen (secondary N) is 1. The highest BCUT2D eigenvalue weighted by molar-refractivity contribution is 6.30. The van der Waals surface area contributed by atoms with Crippen LogP contribution in [-0.2, 0) is 6.42 Å². The van der Waals surface area contributed by atoms with E-state index in [1.807, 2.05) is 19.1 Å². The molecule has 0 aliphatic heterocycles. The maximum Gasteiger partial charge on any atom is 0.127 e. The lowest BCUT2D eigenvalue weighted by molar-refractivity contribution is 0.518. The van der Waals surface area contributed by atoms with Crippen LogP contribution in [0.2, 0.25) is 5.02 Å². The molecule has 2 aromatic rings. The molecule has 5 heteroatoms. The molecule has 0 amide bonds. The number of nitrogens with two attached hydrogens (primary N) is 1. The van der Waals surface area contributed by atoms with Crippen LogP contribution in [0.1, 0.15) is 22.9 Å². The van der Waals surface area contributed by atoms with Gasteiger partial charge in [-0.1, -0.05) is 17.7 Å². The van der Waals surface area contributed by atoms with Gasteiger partial charge in [0.15, 0.2) is 0 Å². The third-order valence-corrected chi connectivity index (χ3v) is 3.17. The molecular weight excluding hydrogens is 265 g/mol. The van der Waals surface area contributed by atoms with Gasteiger partial charge in [-0.25, -0.2) is 4.39 Å². The van der Waals surface area contributed by atoms with Gasteiger partial charge in [-0.3, -0.25) is 16.3 Å². The smallest absolute Gasteiger partial charge is 0.127 e. The van der Waals surface area contributed by atoms with Crippen molar-refractivity contribution in [3.05, 3.63) is 64.2 Å².